The fraction of sp³-hybridized carbons (Fsp3) is 0.857. The van der Waals surface area contributed by atoms with Crippen LogP contribution in [0.3, 0.4) is 0 Å². The smallest absolute Gasteiger partial charge is 0.336 e. The van der Waals surface area contributed by atoms with E-state index in [-0.39, 0.29) is 0 Å². The molecule has 0 spiro atoms. The summed E-state index contributed by atoms with van der Waals surface area (Å²) in [5.41, 5.74) is -0.959. The highest BCUT2D eigenvalue weighted by atomic mass is 35.5. The maximum atomic E-state index is 10.8. The molecule has 0 aromatic carbocycles. The summed E-state index contributed by atoms with van der Waals surface area (Å²) < 4.78 is 5.25. The summed E-state index contributed by atoms with van der Waals surface area (Å²) in [5, 5.41) is 8.91. The van der Waals surface area contributed by atoms with Crippen LogP contribution in [-0.4, -0.2) is 40.7 Å². The lowest BCUT2D eigenvalue weighted by Gasteiger charge is -2.22. The highest BCUT2D eigenvalue weighted by molar-refractivity contribution is 7.99. The van der Waals surface area contributed by atoms with Crippen LogP contribution >= 0.6 is 23.4 Å². The summed E-state index contributed by atoms with van der Waals surface area (Å²) in [4.78, 5) is 10.8. The van der Waals surface area contributed by atoms with Gasteiger partial charge in [0.2, 0.25) is 0 Å². The Morgan fingerprint density at radius 1 is 1.75 bits per heavy atom. The summed E-state index contributed by atoms with van der Waals surface area (Å²) in [7, 11) is 0. The number of carboxylic acid groups (broad SMARTS) is 1. The van der Waals surface area contributed by atoms with Crippen molar-refractivity contribution in [2.24, 2.45) is 0 Å². The molecule has 0 saturated carbocycles. The average Bonchev–Trinajstić information content (AvgIpc) is 2.50. The van der Waals surface area contributed by atoms with Gasteiger partial charge in [-0.2, -0.15) is 11.8 Å². The van der Waals surface area contributed by atoms with Crippen molar-refractivity contribution in [1.29, 1.82) is 0 Å². The number of rotatable bonds is 4. The van der Waals surface area contributed by atoms with Crippen LogP contribution in [-0.2, 0) is 9.53 Å². The van der Waals surface area contributed by atoms with Crippen LogP contribution in [0.4, 0.5) is 0 Å². The lowest BCUT2D eigenvalue weighted by molar-refractivity contribution is -0.161. The molecule has 1 N–H and O–H groups in total. The molecule has 1 heterocycles. The first-order chi connectivity index (χ1) is 5.71. The molecule has 0 bridgehead atoms. The van der Waals surface area contributed by atoms with Gasteiger partial charge in [-0.15, -0.1) is 11.6 Å². The number of halogens is 1. The van der Waals surface area contributed by atoms with Crippen molar-refractivity contribution in [3.05, 3.63) is 0 Å². The van der Waals surface area contributed by atoms with E-state index in [9.17, 15) is 4.79 Å². The van der Waals surface area contributed by atoms with Crippen LogP contribution in [0.25, 0.3) is 0 Å². The number of aliphatic carboxylic acids is 1. The molecule has 1 aliphatic rings. The molecule has 3 nitrogen and oxygen atoms in total. The maximum absolute atomic E-state index is 10.8. The van der Waals surface area contributed by atoms with Crippen LogP contribution in [0.1, 0.15) is 6.42 Å². The Morgan fingerprint density at radius 3 is 2.92 bits per heavy atom. The third kappa shape index (κ3) is 2.06. The predicted molar refractivity (Wildman–Crippen MR) is 49.0 cm³/mol. The van der Waals surface area contributed by atoms with E-state index in [1.165, 1.54) is 0 Å². The van der Waals surface area contributed by atoms with Gasteiger partial charge in [-0.1, -0.05) is 0 Å². The van der Waals surface area contributed by atoms with Crippen LogP contribution in [0.2, 0.25) is 0 Å². The van der Waals surface area contributed by atoms with Crippen LogP contribution < -0.4 is 0 Å². The highest BCUT2D eigenvalue weighted by Gasteiger charge is 2.42. The quantitative estimate of drug-likeness (QED) is 0.709. The van der Waals surface area contributed by atoms with E-state index >= 15 is 0 Å². The molecule has 0 aliphatic carbocycles. The first-order valence-corrected chi connectivity index (χ1v) is 5.41. The number of hydrogen-bond donors (Lipinski definition) is 1. The van der Waals surface area contributed by atoms with Crippen LogP contribution in [0.5, 0.6) is 0 Å². The van der Waals surface area contributed by atoms with Gasteiger partial charge in [-0.3, -0.25) is 0 Å². The van der Waals surface area contributed by atoms with Gasteiger partial charge in [0.1, 0.15) is 0 Å². The van der Waals surface area contributed by atoms with E-state index < -0.39 is 11.6 Å². The van der Waals surface area contributed by atoms with Crippen LogP contribution in [0, 0.1) is 0 Å². The number of carbonyl (C=O) groups is 1. The average molecular weight is 211 g/mol. The summed E-state index contributed by atoms with van der Waals surface area (Å²) >= 11 is 7.03. The molecular formula is C7H11ClO3S. The zero-order valence-corrected chi connectivity index (χ0v) is 8.16. The zero-order chi connectivity index (χ0) is 9.03. The molecule has 1 unspecified atom stereocenters. The van der Waals surface area contributed by atoms with Gasteiger partial charge >= 0.3 is 5.97 Å². The van der Waals surface area contributed by atoms with Gasteiger partial charge in [0.25, 0.3) is 0 Å². The lowest BCUT2D eigenvalue weighted by atomic mass is 10.0. The van der Waals surface area contributed by atoms with Crippen molar-refractivity contribution in [2.75, 3.05) is 24.0 Å². The fourth-order valence-electron chi connectivity index (χ4n) is 1.12. The van der Waals surface area contributed by atoms with Gasteiger partial charge < -0.3 is 9.84 Å². The van der Waals surface area contributed by atoms with Gasteiger partial charge in [-0.25, -0.2) is 4.79 Å². The minimum Gasteiger partial charge on any atom is -0.479 e. The van der Waals surface area contributed by atoms with Crippen molar-refractivity contribution >= 4 is 29.3 Å². The summed E-state index contributed by atoms with van der Waals surface area (Å²) in [6, 6.07) is 0. The minimum absolute atomic E-state index is 0.314. The second kappa shape index (κ2) is 4.35. The summed E-state index contributed by atoms with van der Waals surface area (Å²) in [6.07, 6.45) is 0.587. The Bertz CT molecular complexity index is 168. The third-order valence-electron chi connectivity index (χ3n) is 1.83. The molecule has 70 valence electrons. The molecule has 5 heteroatoms. The molecule has 1 aliphatic heterocycles. The SMILES string of the molecule is O=C(O)C1(OCCCl)CCSC1. The summed E-state index contributed by atoms with van der Waals surface area (Å²) in [6.45, 7) is 0.314. The van der Waals surface area contributed by atoms with Gasteiger partial charge in [-0.05, 0) is 12.2 Å². The number of carboxylic acids is 1. The van der Waals surface area contributed by atoms with Crippen molar-refractivity contribution in [3.8, 4) is 0 Å². The largest absolute Gasteiger partial charge is 0.479 e. The maximum Gasteiger partial charge on any atom is 0.336 e. The first-order valence-electron chi connectivity index (χ1n) is 3.72. The van der Waals surface area contributed by atoms with E-state index in [1.54, 1.807) is 11.8 Å². The Labute approximate surface area is 80.4 Å². The second-order valence-electron chi connectivity index (χ2n) is 2.64. The van der Waals surface area contributed by atoms with Gasteiger partial charge in [0, 0.05) is 11.6 Å². The van der Waals surface area contributed by atoms with E-state index in [2.05, 4.69) is 0 Å². The van der Waals surface area contributed by atoms with Crippen molar-refractivity contribution in [1.82, 2.24) is 0 Å². The molecule has 12 heavy (non-hydrogen) atoms. The molecule has 1 fully saturated rings. The van der Waals surface area contributed by atoms with Crippen LogP contribution in [0.15, 0.2) is 0 Å². The molecular weight excluding hydrogens is 200 g/mol. The first kappa shape index (κ1) is 10.2. The molecule has 1 saturated heterocycles. The molecule has 0 aromatic rings. The lowest BCUT2D eigenvalue weighted by Crippen LogP contribution is -2.42. The highest BCUT2D eigenvalue weighted by Crippen LogP contribution is 2.31. The number of ether oxygens (including phenoxy) is 1. The Kier molecular flexibility index (Phi) is 3.68. The molecule has 1 atom stereocenters. The Balaban J connectivity index is 2.53. The predicted octanol–water partition coefficient (Wildman–Crippen LogP) is 1.20. The molecule has 1 rings (SSSR count). The van der Waals surface area contributed by atoms with E-state index in [4.69, 9.17) is 21.4 Å². The van der Waals surface area contributed by atoms with Crippen molar-refractivity contribution in [2.45, 2.75) is 12.0 Å². The van der Waals surface area contributed by atoms with E-state index in [1.807, 2.05) is 0 Å². The van der Waals surface area contributed by atoms with E-state index in [0.29, 0.717) is 24.7 Å². The van der Waals surface area contributed by atoms with Crippen molar-refractivity contribution < 1.29 is 14.6 Å². The topological polar surface area (TPSA) is 46.5 Å². The minimum atomic E-state index is -0.959. The number of hydrogen-bond acceptors (Lipinski definition) is 3. The molecule has 0 radical (unpaired) electrons. The monoisotopic (exact) mass is 210 g/mol. The fourth-order valence-corrected chi connectivity index (χ4v) is 2.50. The second-order valence-corrected chi connectivity index (χ2v) is 4.12. The Hall–Kier alpha value is 0.0700. The summed E-state index contributed by atoms with van der Waals surface area (Å²) in [5.74, 6) is 0.880. The van der Waals surface area contributed by atoms with E-state index in [0.717, 1.165) is 5.75 Å². The Morgan fingerprint density at radius 2 is 2.50 bits per heavy atom. The molecule has 0 amide bonds. The third-order valence-corrected chi connectivity index (χ3v) is 3.15. The van der Waals surface area contributed by atoms with Gasteiger partial charge in [0.15, 0.2) is 5.60 Å². The number of thioether (sulfide) groups is 1. The van der Waals surface area contributed by atoms with Gasteiger partial charge in [0.05, 0.1) is 6.61 Å². The standard InChI is InChI=1S/C7H11ClO3S/c8-2-3-11-7(6(9)10)1-4-12-5-7/h1-5H2,(H,9,10). The number of alkyl halides is 1. The zero-order valence-electron chi connectivity index (χ0n) is 6.59. The van der Waals surface area contributed by atoms with Crippen molar-refractivity contribution in [3.63, 3.8) is 0 Å². The normalized spacial score (nSPS) is 29.1. The molecule has 0 aromatic heterocycles.